The van der Waals surface area contributed by atoms with Gasteiger partial charge < -0.3 is 10.5 Å². The first kappa shape index (κ1) is 13.6. The van der Waals surface area contributed by atoms with Crippen molar-refractivity contribution >= 4 is 34.2 Å². The quantitative estimate of drug-likeness (QED) is 0.814. The number of benzene rings is 2. The van der Waals surface area contributed by atoms with E-state index in [1.807, 2.05) is 42.5 Å². The first-order valence-corrected chi connectivity index (χ1v) is 7.06. The van der Waals surface area contributed by atoms with Crippen molar-refractivity contribution < 1.29 is 4.74 Å². The minimum absolute atomic E-state index is 0.573. The summed E-state index contributed by atoms with van der Waals surface area (Å²) in [6, 6.07) is 13.5. The number of hydrogen-bond donors (Lipinski definition) is 1. The molecule has 0 radical (unpaired) electrons. The van der Waals surface area contributed by atoms with E-state index in [1.54, 1.807) is 0 Å². The number of rotatable bonds is 4. The van der Waals surface area contributed by atoms with Gasteiger partial charge in [-0.3, -0.25) is 0 Å². The van der Waals surface area contributed by atoms with Crippen LogP contribution in [-0.2, 0) is 6.42 Å². The fraction of sp³-hybridized carbons (Fsp3) is 0.143. The molecule has 0 fully saturated rings. The summed E-state index contributed by atoms with van der Waals surface area (Å²) in [4.78, 5) is 0. The Morgan fingerprint density at radius 2 is 1.83 bits per heavy atom. The standard InChI is InChI=1S/C14H13ClINO/c15-11-1-6-14(10(9-11)7-8-17)18-13-4-2-12(16)3-5-13/h1-6,9H,7-8,17H2. The molecular weight excluding hydrogens is 361 g/mol. The molecule has 0 aliphatic heterocycles. The van der Waals surface area contributed by atoms with Crippen molar-refractivity contribution in [3.63, 3.8) is 0 Å². The van der Waals surface area contributed by atoms with Gasteiger partial charge in [0.15, 0.2) is 0 Å². The van der Waals surface area contributed by atoms with Crippen LogP contribution in [0.5, 0.6) is 11.5 Å². The molecule has 2 aromatic rings. The highest BCUT2D eigenvalue weighted by Crippen LogP contribution is 2.28. The minimum Gasteiger partial charge on any atom is -0.457 e. The Bertz CT molecular complexity index is 528. The molecule has 0 spiro atoms. The lowest BCUT2D eigenvalue weighted by Gasteiger charge is -2.11. The zero-order valence-corrected chi connectivity index (χ0v) is 12.6. The summed E-state index contributed by atoms with van der Waals surface area (Å²) in [5.74, 6) is 1.63. The van der Waals surface area contributed by atoms with Gasteiger partial charge in [-0.25, -0.2) is 0 Å². The van der Waals surface area contributed by atoms with E-state index in [4.69, 9.17) is 22.1 Å². The van der Waals surface area contributed by atoms with Gasteiger partial charge in [-0.05, 0) is 83.6 Å². The SMILES string of the molecule is NCCc1cc(Cl)ccc1Oc1ccc(I)cc1. The van der Waals surface area contributed by atoms with Crippen LogP contribution in [0.25, 0.3) is 0 Å². The molecule has 0 bridgehead atoms. The van der Waals surface area contributed by atoms with E-state index in [1.165, 1.54) is 3.57 Å². The average molecular weight is 374 g/mol. The molecule has 4 heteroatoms. The van der Waals surface area contributed by atoms with Crippen LogP contribution in [0.2, 0.25) is 5.02 Å². The Hall–Kier alpha value is -0.780. The first-order chi connectivity index (χ1) is 8.69. The van der Waals surface area contributed by atoms with E-state index in [-0.39, 0.29) is 0 Å². The van der Waals surface area contributed by atoms with Crippen molar-refractivity contribution in [3.8, 4) is 11.5 Å². The van der Waals surface area contributed by atoms with E-state index >= 15 is 0 Å². The molecule has 0 saturated carbocycles. The van der Waals surface area contributed by atoms with Crippen molar-refractivity contribution in [1.29, 1.82) is 0 Å². The van der Waals surface area contributed by atoms with Gasteiger partial charge in [0.25, 0.3) is 0 Å². The monoisotopic (exact) mass is 373 g/mol. The smallest absolute Gasteiger partial charge is 0.130 e. The van der Waals surface area contributed by atoms with Gasteiger partial charge in [0.2, 0.25) is 0 Å². The van der Waals surface area contributed by atoms with Crippen LogP contribution in [0.3, 0.4) is 0 Å². The van der Waals surface area contributed by atoms with E-state index in [0.29, 0.717) is 11.6 Å². The maximum atomic E-state index is 5.98. The topological polar surface area (TPSA) is 35.2 Å². The number of ether oxygens (including phenoxy) is 1. The summed E-state index contributed by atoms with van der Waals surface area (Å²) in [6.07, 6.45) is 0.750. The summed E-state index contributed by atoms with van der Waals surface area (Å²) in [6.45, 7) is 0.573. The summed E-state index contributed by atoms with van der Waals surface area (Å²) >= 11 is 8.24. The summed E-state index contributed by atoms with van der Waals surface area (Å²) in [5.41, 5.74) is 6.62. The Morgan fingerprint density at radius 1 is 1.11 bits per heavy atom. The van der Waals surface area contributed by atoms with Crippen molar-refractivity contribution in [2.45, 2.75) is 6.42 Å². The Kier molecular flexibility index (Phi) is 4.86. The molecule has 0 saturated heterocycles. The van der Waals surface area contributed by atoms with E-state index in [9.17, 15) is 0 Å². The molecule has 0 atom stereocenters. The van der Waals surface area contributed by atoms with Crippen LogP contribution < -0.4 is 10.5 Å². The normalized spacial score (nSPS) is 10.4. The molecule has 0 amide bonds. The Balaban J connectivity index is 2.25. The fourth-order valence-corrected chi connectivity index (χ4v) is 2.18. The van der Waals surface area contributed by atoms with Crippen LogP contribution >= 0.6 is 34.2 Å². The van der Waals surface area contributed by atoms with Gasteiger partial charge in [0.1, 0.15) is 11.5 Å². The summed E-state index contributed by atoms with van der Waals surface area (Å²) in [7, 11) is 0. The van der Waals surface area contributed by atoms with Crippen molar-refractivity contribution in [3.05, 3.63) is 56.6 Å². The molecule has 2 nitrogen and oxygen atoms in total. The predicted octanol–water partition coefficient (Wildman–Crippen LogP) is 4.24. The Labute approximate surface area is 125 Å². The lowest BCUT2D eigenvalue weighted by molar-refractivity contribution is 0.476. The molecule has 2 rings (SSSR count). The molecule has 0 aliphatic rings. The lowest BCUT2D eigenvalue weighted by Crippen LogP contribution is -2.04. The largest absolute Gasteiger partial charge is 0.457 e. The molecule has 0 aliphatic carbocycles. The molecule has 0 aromatic heterocycles. The zero-order valence-electron chi connectivity index (χ0n) is 9.70. The third kappa shape index (κ3) is 3.60. The molecule has 0 unspecified atom stereocenters. The average Bonchev–Trinajstić information content (AvgIpc) is 2.36. The fourth-order valence-electron chi connectivity index (χ4n) is 1.63. The van der Waals surface area contributed by atoms with Gasteiger partial charge in [0.05, 0.1) is 0 Å². The number of halogens is 2. The van der Waals surface area contributed by atoms with Crippen molar-refractivity contribution in [2.24, 2.45) is 5.73 Å². The number of nitrogens with two attached hydrogens (primary N) is 1. The van der Waals surface area contributed by atoms with Gasteiger partial charge in [-0.2, -0.15) is 0 Å². The third-order valence-electron chi connectivity index (χ3n) is 2.48. The second-order valence-electron chi connectivity index (χ2n) is 3.85. The van der Waals surface area contributed by atoms with Gasteiger partial charge in [0, 0.05) is 8.59 Å². The van der Waals surface area contributed by atoms with Crippen molar-refractivity contribution in [1.82, 2.24) is 0 Å². The van der Waals surface area contributed by atoms with Gasteiger partial charge >= 0.3 is 0 Å². The molecule has 94 valence electrons. The number of hydrogen-bond acceptors (Lipinski definition) is 2. The van der Waals surface area contributed by atoms with Gasteiger partial charge in [-0.1, -0.05) is 11.6 Å². The predicted molar refractivity (Wildman–Crippen MR) is 83.4 cm³/mol. The molecule has 0 heterocycles. The molecule has 2 N–H and O–H groups in total. The second-order valence-corrected chi connectivity index (χ2v) is 5.53. The lowest BCUT2D eigenvalue weighted by atomic mass is 10.1. The maximum absolute atomic E-state index is 5.98. The molecular formula is C14H13ClINO. The second kappa shape index (κ2) is 6.41. The zero-order chi connectivity index (χ0) is 13.0. The van der Waals surface area contributed by atoms with E-state index < -0.39 is 0 Å². The van der Waals surface area contributed by atoms with Crippen LogP contribution in [0.15, 0.2) is 42.5 Å². The Morgan fingerprint density at radius 3 is 2.50 bits per heavy atom. The summed E-state index contributed by atoms with van der Waals surface area (Å²) < 4.78 is 7.03. The van der Waals surface area contributed by atoms with Crippen LogP contribution in [0.4, 0.5) is 0 Å². The minimum atomic E-state index is 0.573. The highest BCUT2D eigenvalue weighted by molar-refractivity contribution is 14.1. The van der Waals surface area contributed by atoms with Crippen molar-refractivity contribution in [2.75, 3.05) is 6.54 Å². The third-order valence-corrected chi connectivity index (χ3v) is 3.43. The molecule has 2 aromatic carbocycles. The van der Waals surface area contributed by atoms with Crippen LogP contribution in [0.1, 0.15) is 5.56 Å². The highest BCUT2D eigenvalue weighted by Gasteiger charge is 2.05. The van der Waals surface area contributed by atoms with Gasteiger partial charge in [-0.15, -0.1) is 0 Å². The first-order valence-electron chi connectivity index (χ1n) is 5.61. The van der Waals surface area contributed by atoms with Crippen LogP contribution in [-0.4, -0.2) is 6.54 Å². The van der Waals surface area contributed by atoms with E-state index in [0.717, 1.165) is 23.5 Å². The van der Waals surface area contributed by atoms with Crippen LogP contribution in [0, 0.1) is 3.57 Å². The summed E-state index contributed by atoms with van der Waals surface area (Å²) in [5, 5.41) is 0.702. The molecule has 18 heavy (non-hydrogen) atoms. The highest BCUT2D eigenvalue weighted by atomic mass is 127. The van der Waals surface area contributed by atoms with E-state index in [2.05, 4.69) is 22.6 Å². The maximum Gasteiger partial charge on any atom is 0.130 e.